The number of rotatable bonds is 8. The number of aryl methyl sites for hydroxylation is 1. The van der Waals surface area contributed by atoms with E-state index < -0.39 is 0 Å². The van der Waals surface area contributed by atoms with Crippen LogP contribution in [0.4, 0.5) is 0 Å². The van der Waals surface area contributed by atoms with Crippen LogP contribution in [-0.4, -0.2) is 28.3 Å². The van der Waals surface area contributed by atoms with Gasteiger partial charge in [0.2, 0.25) is 0 Å². The van der Waals surface area contributed by atoms with Gasteiger partial charge in [-0.2, -0.15) is 0 Å². The van der Waals surface area contributed by atoms with Crippen LogP contribution in [0.1, 0.15) is 45.0 Å². The fourth-order valence-corrected chi connectivity index (χ4v) is 3.35. The molecule has 0 atom stereocenters. The van der Waals surface area contributed by atoms with E-state index in [9.17, 15) is 0 Å². The average molecular weight is 327 g/mol. The first-order valence-corrected chi connectivity index (χ1v) is 8.42. The molecule has 0 aromatic carbocycles. The molecule has 0 saturated carbocycles. The molecule has 1 aromatic rings. The fourth-order valence-electron chi connectivity index (χ4n) is 2.38. The van der Waals surface area contributed by atoms with E-state index in [1.165, 1.54) is 18.5 Å². The zero-order valence-corrected chi connectivity index (χ0v) is 14.3. The van der Waals surface area contributed by atoms with Crippen molar-refractivity contribution in [3.05, 3.63) is 29.6 Å². The predicted molar refractivity (Wildman–Crippen MR) is 86.7 cm³/mol. The Bertz CT molecular complexity index is 367. The van der Waals surface area contributed by atoms with Crippen LogP contribution in [0.15, 0.2) is 18.2 Å². The number of hydrogen-bond donors (Lipinski definition) is 0. The van der Waals surface area contributed by atoms with Crippen molar-refractivity contribution in [3.63, 3.8) is 0 Å². The molecule has 0 bridgehead atoms. The summed E-state index contributed by atoms with van der Waals surface area (Å²) < 4.78 is 0. The number of hydrogen-bond acceptors (Lipinski definition) is 2. The van der Waals surface area contributed by atoms with E-state index in [0.29, 0.717) is 5.41 Å². The SMILES string of the molecule is CCN(Cc1cccc(C)n1)CC(CC)(CC)CBr. The summed E-state index contributed by atoms with van der Waals surface area (Å²) in [6, 6.07) is 6.28. The summed E-state index contributed by atoms with van der Waals surface area (Å²) in [5.74, 6) is 0. The average Bonchev–Trinajstić information content (AvgIpc) is 2.44. The van der Waals surface area contributed by atoms with Crippen LogP contribution in [0.25, 0.3) is 0 Å². The van der Waals surface area contributed by atoms with E-state index in [1.807, 2.05) is 0 Å². The molecule has 0 radical (unpaired) electrons. The van der Waals surface area contributed by atoms with Crippen molar-refractivity contribution in [2.24, 2.45) is 5.41 Å². The Hall–Kier alpha value is -0.410. The lowest BCUT2D eigenvalue weighted by Crippen LogP contribution is -2.38. The summed E-state index contributed by atoms with van der Waals surface area (Å²) in [5.41, 5.74) is 2.67. The molecule has 1 heterocycles. The maximum Gasteiger partial charge on any atom is 0.0547 e. The molecule has 0 unspecified atom stereocenters. The van der Waals surface area contributed by atoms with Gasteiger partial charge in [0.25, 0.3) is 0 Å². The minimum Gasteiger partial charge on any atom is -0.297 e. The Labute approximate surface area is 126 Å². The summed E-state index contributed by atoms with van der Waals surface area (Å²) >= 11 is 3.71. The highest BCUT2D eigenvalue weighted by Crippen LogP contribution is 2.30. The van der Waals surface area contributed by atoms with Gasteiger partial charge in [-0.15, -0.1) is 0 Å². The largest absolute Gasteiger partial charge is 0.297 e. The zero-order chi connectivity index (χ0) is 14.3. The molecule has 0 aliphatic rings. The van der Waals surface area contributed by atoms with Crippen LogP contribution < -0.4 is 0 Å². The first-order valence-electron chi connectivity index (χ1n) is 7.30. The Morgan fingerprint density at radius 1 is 1.21 bits per heavy atom. The lowest BCUT2D eigenvalue weighted by molar-refractivity contribution is 0.157. The normalized spacial score (nSPS) is 12.1. The van der Waals surface area contributed by atoms with Gasteiger partial charge in [0.15, 0.2) is 0 Å². The molecule has 0 saturated heterocycles. The maximum atomic E-state index is 4.62. The molecular weight excluding hydrogens is 300 g/mol. The number of pyridine rings is 1. The van der Waals surface area contributed by atoms with Gasteiger partial charge >= 0.3 is 0 Å². The van der Waals surface area contributed by atoms with Gasteiger partial charge in [-0.1, -0.05) is 42.8 Å². The third kappa shape index (κ3) is 4.88. The number of alkyl halides is 1. The quantitative estimate of drug-likeness (QED) is 0.657. The zero-order valence-electron chi connectivity index (χ0n) is 12.7. The third-order valence-electron chi connectivity index (χ3n) is 4.12. The van der Waals surface area contributed by atoms with Crippen molar-refractivity contribution < 1.29 is 0 Å². The van der Waals surface area contributed by atoms with Crippen LogP contribution in [0.3, 0.4) is 0 Å². The summed E-state index contributed by atoms with van der Waals surface area (Å²) in [6.07, 6.45) is 2.43. The van der Waals surface area contributed by atoms with Gasteiger partial charge in [0.05, 0.1) is 5.69 Å². The van der Waals surface area contributed by atoms with Crippen molar-refractivity contribution in [3.8, 4) is 0 Å². The Kier molecular flexibility index (Phi) is 7.01. The van der Waals surface area contributed by atoms with Gasteiger partial charge in [-0.05, 0) is 43.9 Å². The lowest BCUT2D eigenvalue weighted by Gasteiger charge is -2.35. The number of aromatic nitrogens is 1. The van der Waals surface area contributed by atoms with Gasteiger partial charge in [0, 0.05) is 24.1 Å². The first-order chi connectivity index (χ1) is 9.09. The second-order valence-corrected chi connectivity index (χ2v) is 5.98. The van der Waals surface area contributed by atoms with Gasteiger partial charge in [-0.3, -0.25) is 9.88 Å². The van der Waals surface area contributed by atoms with Crippen molar-refractivity contribution in [2.45, 2.75) is 47.1 Å². The molecule has 3 heteroatoms. The van der Waals surface area contributed by atoms with Crippen LogP contribution in [0.5, 0.6) is 0 Å². The van der Waals surface area contributed by atoms with Crippen molar-refractivity contribution in [2.75, 3.05) is 18.4 Å². The Morgan fingerprint density at radius 2 is 1.89 bits per heavy atom. The number of nitrogens with zero attached hydrogens (tertiary/aromatic N) is 2. The van der Waals surface area contributed by atoms with Crippen LogP contribution >= 0.6 is 15.9 Å². The molecule has 2 nitrogen and oxygen atoms in total. The van der Waals surface area contributed by atoms with Crippen LogP contribution in [0.2, 0.25) is 0 Å². The van der Waals surface area contributed by atoms with E-state index in [0.717, 1.165) is 30.7 Å². The van der Waals surface area contributed by atoms with Gasteiger partial charge in [-0.25, -0.2) is 0 Å². The molecule has 0 spiro atoms. The van der Waals surface area contributed by atoms with Crippen molar-refractivity contribution in [1.29, 1.82) is 0 Å². The highest BCUT2D eigenvalue weighted by molar-refractivity contribution is 9.09. The maximum absolute atomic E-state index is 4.62. The highest BCUT2D eigenvalue weighted by Gasteiger charge is 2.27. The van der Waals surface area contributed by atoms with E-state index >= 15 is 0 Å². The fraction of sp³-hybridized carbons (Fsp3) is 0.688. The Morgan fingerprint density at radius 3 is 2.37 bits per heavy atom. The standard InChI is InChI=1S/C16H27BrN2/c1-5-16(6-2,12-17)13-19(7-3)11-15-10-8-9-14(4)18-15/h8-10H,5-7,11-13H2,1-4H3. The monoisotopic (exact) mass is 326 g/mol. The first kappa shape index (κ1) is 16.6. The molecule has 0 N–H and O–H groups in total. The molecule has 0 aliphatic heterocycles. The lowest BCUT2D eigenvalue weighted by atomic mass is 9.84. The smallest absolute Gasteiger partial charge is 0.0547 e. The minimum absolute atomic E-state index is 0.389. The van der Waals surface area contributed by atoms with E-state index in [1.54, 1.807) is 0 Å². The van der Waals surface area contributed by atoms with E-state index in [2.05, 4.69) is 71.7 Å². The number of halogens is 1. The molecule has 108 valence electrons. The highest BCUT2D eigenvalue weighted by atomic mass is 79.9. The van der Waals surface area contributed by atoms with Crippen LogP contribution in [0, 0.1) is 12.3 Å². The summed E-state index contributed by atoms with van der Waals surface area (Å²) in [4.78, 5) is 7.13. The summed E-state index contributed by atoms with van der Waals surface area (Å²) in [6.45, 7) is 12.0. The molecule has 0 fully saturated rings. The predicted octanol–water partition coefficient (Wildman–Crippen LogP) is 4.41. The summed E-state index contributed by atoms with van der Waals surface area (Å²) in [7, 11) is 0. The van der Waals surface area contributed by atoms with Crippen LogP contribution in [-0.2, 0) is 6.54 Å². The van der Waals surface area contributed by atoms with Gasteiger partial charge < -0.3 is 0 Å². The molecule has 19 heavy (non-hydrogen) atoms. The third-order valence-corrected chi connectivity index (χ3v) is 5.31. The second kappa shape index (κ2) is 8.01. The van der Waals surface area contributed by atoms with Crippen molar-refractivity contribution in [1.82, 2.24) is 9.88 Å². The molecule has 0 aliphatic carbocycles. The Balaban J connectivity index is 2.73. The summed E-state index contributed by atoms with van der Waals surface area (Å²) in [5, 5.41) is 1.07. The molecular formula is C16H27BrN2. The van der Waals surface area contributed by atoms with Gasteiger partial charge in [0.1, 0.15) is 0 Å². The second-order valence-electron chi connectivity index (χ2n) is 5.41. The minimum atomic E-state index is 0.389. The topological polar surface area (TPSA) is 16.1 Å². The molecule has 0 amide bonds. The molecule has 1 rings (SSSR count). The van der Waals surface area contributed by atoms with Crippen molar-refractivity contribution >= 4 is 15.9 Å². The van der Waals surface area contributed by atoms with E-state index in [-0.39, 0.29) is 0 Å². The molecule has 1 aromatic heterocycles. The van der Waals surface area contributed by atoms with E-state index in [4.69, 9.17) is 0 Å².